The molecule has 2 fully saturated rings. The van der Waals surface area contributed by atoms with Crippen LogP contribution in [0.3, 0.4) is 0 Å². The fourth-order valence-electron chi connectivity index (χ4n) is 3.87. The summed E-state index contributed by atoms with van der Waals surface area (Å²) in [5, 5.41) is 4.66. The lowest BCUT2D eigenvalue weighted by atomic mass is 9.91. The molecule has 106 valence electrons. The zero-order valence-electron chi connectivity index (χ0n) is 11.9. The van der Waals surface area contributed by atoms with Crippen LogP contribution in [0.15, 0.2) is 24.3 Å². The highest BCUT2D eigenvalue weighted by Gasteiger charge is 2.38. The second kappa shape index (κ2) is 5.01. The molecule has 2 saturated heterocycles. The minimum Gasteiger partial charge on any atom is -0.361 e. The van der Waals surface area contributed by atoms with Gasteiger partial charge >= 0.3 is 0 Å². The molecule has 0 aliphatic carbocycles. The summed E-state index contributed by atoms with van der Waals surface area (Å²) >= 11 is 1.77. The van der Waals surface area contributed by atoms with E-state index in [0.29, 0.717) is 0 Å². The fraction of sp³-hybridized carbons (Fsp3) is 0.562. The van der Waals surface area contributed by atoms with E-state index in [0.717, 1.165) is 35.2 Å². The molecule has 0 saturated carbocycles. The van der Waals surface area contributed by atoms with Gasteiger partial charge < -0.3 is 10.2 Å². The Morgan fingerprint density at radius 3 is 2.75 bits per heavy atom. The van der Waals surface area contributed by atoms with E-state index < -0.39 is 0 Å². The zero-order valence-corrected chi connectivity index (χ0v) is 12.7. The summed E-state index contributed by atoms with van der Waals surface area (Å²) in [6.07, 6.45) is 5.51. The van der Waals surface area contributed by atoms with Crippen molar-refractivity contribution >= 4 is 26.7 Å². The van der Waals surface area contributed by atoms with Gasteiger partial charge in [-0.15, -0.1) is 0 Å². The standard InChI is InChI=1S/C16H21N3S/c1-19-12-6-7-13(19)9-11(8-12)10-17-16-18-14-4-2-3-5-15(14)20-16/h2-5,11-13H,6-10H2,1H3,(H,17,18). The average molecular weight is 287 g/mol. The number of piperidine rings is 1. The van der Waals surface area contributed by atoms with Crippen molar-refractivity contribution in [3.05, 3.63) is 24.3 Å². The van der Waals surface area contributed by atoms with Crippen molar-refractivity contribution in [2.24, 2.45) is 5.92 Å². The van der Waals surface area contributed by atoms with Gasteiger partial charge in [0.2, 0.25) is 0 Å². The average Bonchev–Trinajstić information content (AvgIpc) is 2.94. The van der Waals surface area contributed by atoms with E-state index in [-0.39, 0.29) is 0 Å². The molecule has 0 amide bonds. The number of thiazole rings is 1. The highest BCUT2D eigenvalue weighted by atomic mass is 32.1. The quantitative estimate of drug-likeness (QED) is 0.935. The van der Waals surface area contributed by atoms with Crippen molar-refractivity contribution in [2.75, 3.05) is 18.9 Å². The number of hydrogen-bond donors (Lipinski definition) is 1. The molecule has 4 rings (SSSR count). The number of rotatable bonds is 3. The van der Waals surface area contributed by atoms with Gasteiger partial charge in [-0.2, -0.15) is 0 Å². The second-order valence-electron chi connectivity index (χ2n) is 6.26. The van der Waals surface area contributed by atoms with E-state index in [2.05, 4.69) is 46.5 Å². The molecular formula is C16H21N3S. The Morgan fingerprint density at radius 2 is 2.00 bits per heavy atom. The Labute approximate surface area is 124 Å². The van der Waals surface area contributed by atoms with Crippen molar-refractivity contribution in [3.8, 4) is 0 Å². The van der Waals surface area contributed by atoms with Crippen LogP contribution >= 0.6 is 11.3 Å². The van der Waals surface area contributed by atoms with Gasteiger partial charge in [-0.1, -0.05) is 23.5 Å². The van der Waals surface area contributed by atoms with E-state index in [1.165, 1.54) is 30.4 Å². The zero-order chi connectivity index (χ0) is 13.5. The summed E-state index contributed by atoms with van der Waals surface area (Å²) in [7, 11) is 2.31. The minimum atomic E-state index is 0.815. The molecule has 1 N–H and O–H groups in total. The largest absolute Gasteiger partial charge is 0.361 e. The lowest BCUT2D eigenvalue weighted by Gasteiger charge is -2.36. The topological polar surface area (TPSA) is 28.2 Å². The van der Waals surface area contributed by atoms with Crippen LogP contribution in [0.4, 0.5) is 5.13 Å². The second-order valence-corrected chi connectivity index (χ2v) is 7.29. The predicted octanol–water partition coefficient (Wildman–Crippen LogP) is 3.58. The van der Waals surface area contributed by atoms with Gasteiger partial charge in [0.05, 0.1) is 10.2 Å². The highest BCUT2D eigenvalue weighted by Crippen LogP contribution is 2.37. The molecule has 1 aromatic heterocycles. The summed E-state index contributed by atoms with van der Waals surface area (Å²) in [5.41, 5.74) is 1.11. The molecule has 4 heteroatoms. The van der Waals surface area contributed by atoms with E-state index >= 15 is 0 Å². The van der Waals surface area contributed by atoms with Gasteiger partial charge in [0, 0.05) is 18.6 Å². The van der Waals surface area contributed by atoms with E-state index in [9.17, 15) is 0 Å². The molecule has 0 radical (unpaired) electrons. The molecule has 2 aromatic rings. The normalized spacial score (nSPS) is 29.9. The van der Waals surface area contributed by atoms with Crippen molar-refractivity contribution in [1.82, 2.24) is 9.88 Å². The molecule has 2 bridgehead atoms. The molecule has 2 unspecified atom stereocenters. The molecule has 2 aliphatic rings. The minimum absolute atomic E-state index is 0.815. The Hall–Kier alpha value is -1.13. The Kier molecular flexibility index (Phi) is 3.15. The number of fused-ring (bicyclic) bond motifs is 3. The van der Waals surface area contributed by atoms with E-state index in [1.807, 2.05) is 0 Å². The van der Waals surface area contributed by atoms with Crippen LogP contribution in [-0.2, 0) is 0 Å². The molecule has 2 atom stereocenters. The monoisotopic (exact) mass is 287 g/mol. The number of anilines is 1. The van der Waals surface area contributed by atoms with Crippen LogP contribution in [0.25, 0.3) is 10.2 Å². The van der Waals surface area contributed by atoms with Crippen LogP contribution in [0, 0.1) is 5.92 Å². The van der Waals surface area contributed by atoms with Crippen LogP contribution in [0.2, 0.25) is 0 Å². The first-order chi connectivity index (χ1) is 9.79. The number of nitrogens with one attached hydrogen (secondary N) is 1. The summed E-state index contributed by atoms with van der Waals surface area (Å²) < 4.78 is 1.28. The van der Waals surface area contributed by atoms with Gasteiger partial charge in [0.15, 0.2) is 5.13 Å². The third-order valence-corrected chi connectivity index (χ3v) is 6.03. The molecule has 20 heavy (non-hydrogen) atoms. The third-order valence-electron chi connectivity index (χ3n) is 5.03. The maximum atomic E-state index is 4.66. The SMILES string of the molecule is CN1C2CCC1CC(CNc1nc3ccccc3s1)C2. The predicted molar refractivity (Wildman–Crippen MR) is 85.4 cm³/mol. The van der Waals surface area contributed by atoms with E-state index in [4.69, 9.17) is 0 Å². The number of hydrogen-bond acceptors (Lipinski definition) is 4. The van der Waals surface area contributed by atoms with Crippen molar-refractivity contribution in [2.45, 2.75) is 37.8 Å². The molecular weight excluding hydrogens is 266 g/mol. The number of para-hydroxylation sites is 1. The van der Waals surface area contributed by atoms with Gasteiger partial charge in [0.25, 0.3) is 0 Å². The molecule has 0 spiro atoms. The van der Waals surface area contributed by atoms with Crippen LogP contribution in [-0.4, -0.2) is 35.6 Å². The van der Waals surface area contributed by atoms with Gasteiger partial charge in [0.1, 0.15) is 0 Å². The summed E-state index contributed by atoms with van der Waals surface area (Å²) in [6, 6.07) is 10.0. The smallest absolute Gasteiger partial charge is 0.183 e. The van der Waals surface area contributed by atoms with Crippen molar-refractivity contribution in [3.63, 3.8) is 0 Å². The van der Waals surface area contributed by atoms with Crippen molar-refractivity contribution < 1.29 is 0 Å². The maximum Gasteiger partial charge on any atom is 0.183 e. The van der Waals surface area contributed by atoms with Crippen molar-refractivity contribution in [1.29, 1.82) is 0 Å². The maximum absolute atomic E-state index is 4.66. The molecule has 1 aromatic carbocycles. The van der Waals surface area contributed by atoms with Crippen LogP contribution < -0.4 is 5.32 Å². The lowest BCUT2D eigenvalue weighted by Crippen LogP contribution is -2.41. The Balaban J connectivity index is 1.41. The van der Waals surface area contributed by atoms with Crippen LogP contribution in [0.1, 0.15) is 25.7 Å². The van der Waals surface area contributed by atoms with Gasteiger partial charge in [-0.3, -0.25) is 0 Å². The van der Waals surface area contributed by atoms with Gasteiger partial charge in [-0.25, -0.2) is 4.98 Å². The summed E-state index contributed by atoms with van der Waals surface area (Å²) in [5.74, 6) is 0.815. The van der Waals surface area contributed by atoms with Gasteiger partial charge in [-0.05, 0) is 50.8 Å². The number of benzene rings is 1. The van der Waals surface area contributed by atoms with E-state index in [1.54, 1.807) is 11.3 Å². The number of aromatic nitrogens is 1. The first-order valence-corrected chi connectivity index (χ1v) is 8.42. The lowest BCUT2D eigenvalue weighted by molar-refractivity contribution is 0.139. The Bertz CT molecular complexity index is 562. The summed E-state index contributed by atoms with van der Waals surface area (Å²) in [6.45, 7) is 1.08. The fourth-order valence-corrected chi connectivity index (χ4v) is 4.74. The molecule has 2 aliphatic heterocycles. The number of nitrogens with zero attached hydrogens (tertiary/aromatic N) is 2. The molecule has 3 nitrogen and oxygen atoms in total. The Morgan fingerprint density at radius 1 is 1.25 bits per heavy atom. The van der Waals surface area contributed by atoms with Crippen LogP contribution in [0.5, 0.6) is 0 Å². The molecule has 3 heterocycles. The first-order valence-electron chi connectivity index (χ1n) is 7.61. The first kappa shape index (κ1) is 12.6. The summed E-state index contributed by atoms with van der Waals surface area (Å²) in [4.78, 5) is 7.27. The highest BCUT2D eigenvalue weighted by molar-refractivity contribution is 7.22. The third kappa shape index (κ3) is 2.21.